The third-order valence-corrected chi connectivity index (χ3v) is 4.07. The van der Waals surface area contributed by atoms with Crippen LogP contribution in [0.4, 0.5) is 11.4 Å². The van der Waals surface area contributed by atoms with Crippen LogP contribution < -0.4 is 14.8 Å². The lowest BCUT2D eigenvalue weighted by atomic mass is 10.2. The number of nitrogens with one attached hydrogen (secondary N) is 1. The highest BCUT2D eigenvalue weighted by atomic mass is 16.6. The van der Waals surface area contributed by atoms with E-state index in [2.05, 4.69) is 5.32 Å². The van der Waals surface area contributed by atoms with Crippen LogP contribution in [0.3, 0.4) is 0 Å². The molecule has 3 aromatic carbocycles. The molecular formula is C22H20N2O5. The molecule has 3 rings (SSSR count). The van der Waals surface area contributed by atoms with Crippen molar-refractivity contribution in [2.45, 2.75) is 13.5 Å². The normalized spacial score (nSPS) is 10.2. The van der Waals surface area contributed by atoms with E-state index in [0.29, 0.717) is 30.3 Å². The molecule has 1 amide bonds. The third kappa shape index (κ3) is 5.32. The summed E-state index contributed by atoms with van der Waals surface area (Å²) in [5.74, 6) is 0.429. The van der Waals surface area contributed by atoms with E-state index in [1.54, 1.807) is 37.3 Å². The number of ether oxygens (including phenoxy) is 2. The van der Waals surface area contributed by atoms with Gasteiger partial charge in [0.2, 0.25) is 0 Å². The summed E-state index contributed by atoms with van der Waals surface area (Å²) >= 11 is 0. The highest BCUT2D eigenvalue weighted by molar-refractivity contribution is 6.05. The van der Waals surface area contributed by atoms with E-state index in [4.69, 9.17) is 9.47 Å². The minimum absolute atomic E-state index is 0.0964. The number of nitro benzene ring substituents is 1. The lowest BCUT2D eigenvalue weighted by Gasteiger charge is -2.10. The Balaban J connectivity index is 1.73. The fourth-order valence-corrected chi connectivity index (χ4v) is 2.69. The number of nitro groups is 1. The van der Waals surface area contributed by atoms with Crippen LogP contribution in [0.5, 0.6) is 11.5 Å². The molecule has 29 heavy (non-hydrogen) atoms. The van der Waals surface area contributed by atoms with E-state index in [-0.39, 0.29) is 11.4 Å². The van der Waals surface area contributed by atoms with Crippen LogP contribution in [0, 0.1) is 10.1 Å². The van der Waals surface area contributed by atoms with Crippen molar-refractivity contribution in [3.8, 4) is 11.5 Å². The van der Waals surface area contributed by atoms with Crippen molar-refractivity contribution in [2.75, 3.05) is 11.9 Å². The summed E-state index contributed by atoms with van der Waals surface area (Å²) in [7, 11) is 0. The monoisotopic (exact) mass is 392 g/mol. The van der Waals surface area contributed by atoms with Gasteiger partial charge in [-0.3, -0.25) is 14.9 Å². The number of hydrogen-bond acceptors (Lipinski definition) is 5. The van der Waals surface area contributed by atoms with Gasteiger partial charge >= 0.3 is 0 Å². The number of nitrogens with zero attached hydrogens (tertiary/aromatic N) is 1. The Hall–Kier alpha value is -3.87. The molecular weight excluding hydrogens is 372 g/mol. The molecule has 0 unspecified atom stereocenters. The molecule has 3 aromatic rings. The molecule has 0 aliphatic rings. The molecule has 0 bridgehead atoms. The highest BCUT2D eigenvalue weighted by Crippen LogP contribution is 2.29. The number of carbonyl (C=O) groups excluding carboxylic acids is 1. The Labute approximate surface area is 168 Å². The van der Waals surface area contributed by atoms with Gasteiger partial charge in [-0.25, -0.2) is 0 Å². The van der Waals surface area contributed by atoms with Gasteiger partial charge in [-0.05, 0) is 42.8 Å². The molecule has 0 atom stereocenters. The predicted molar refractivity (Wildman–Crippen MR) is 109 cm³/mol. The maximum absolute atomic E-state index is 12.6. The summed E-state index contributed by atoms with van der Waals surface area (Å²) in [6.45, 7) is 2.54. The standard InChI is InChI=1S/C22H20N2O5/c1-2-28-19-11-12-20(21(14-19)24(26)27)23-22(25)17-9-6-10-18(13-17)29-15-16-7-4-3-5-8-16/h3-14H,2,15H2,1H3,(H,23,25). The van der Waals surface area contributed by atoms with Crippen molar-refractivity contribution in [3.63, 3.8) is 0 Å². The van der Waals surface area contributed by atoms with Gasteiger partial charge in [0.1, 0.15) is 23.8 Å². The van der Waals surface area contributed by atoms with E-state index in [0.717, 1.165) is 5.56 Å². The van der Waals surface area contributed by atoms with Crippen LogP contribution in [0.25, 0.3) is 0 Å². The zero-order chi connectivity index (χ0) is 20.6. The Bertz CT molecular complexity index is 1010. The third-order valence-electron chi connectivity index (χ3n) is 4.07. The number of amides is 1. The number of benzene rings is 3. The highest BCUT2D eigenvalue weighted by Gasteiger charge is 2.18. The molecule has 0 aliphatic heterocycles. The summed E-state index contributed by atoms with van der Waals surface area (Å²) in [6, 6.07) is 20.6. The quantitative estimate of drug-likeness (QED) is 0.438. The Morgan fingerprint density at radius 1 is 0.966 bits per heavy atom. The number of anilines is 1. The fourth-order valence-electron chi connectivity index (χ4n) is 2.69. The molecule has 0 radical (unpaired) electrons. The van der Waals surface area contributed by atoms with Crippen LogP contribution in [0.2, 0.25) is 0 Å². The molecule has 0 heterocycles. The zero-order valence-corrected chi connectivity index (χ0v) is 15.8. The first-order valence-electron chi connectivity index (χ1n) is 9.06. The van der Waals surface area contributed by atoms with Crippen LogP contribution >= 0.6 is 0 Å². The Morgan fingerprint density at radius 2 is 1.72 bits per heavy atom. The molecule has 0 fully saturated rings. The van der Waals surface area contributed by atoms with Crippen LogP contribution in [0.1, 0.15) is 22.8 Å². The van der Waals surface area contributed by atoms with Gasteiger partial charge in [-0.1, -0.05) is 36.4 Å². The van der Waals surface area contributed by atoms with Crippen molar-refractivity contribution < 1.29 is 19.2 Å². The number of hydrogen-bond donors (Lipinski definition) is 1. The van der Waals surface area contributed by atoms with E-state index >= 15 is 0 Å². The predicted octanol–water partition coefficient (Wildman–Crippen LogP) is 4.82. The average Bonchev–Trinajstić information content (AvgIpc) is 2.74. The SMILES string of the molecule is CCOc1ccc(NC(=O)c2cccc(OCc3ccccc3)c2)c([N+](=O)[O-])c1. The lowest BCUT2D eigenvalue weighted by Crippen LogP contribution is -2.13. The van der Waals surface area contributed by atoms with Gasteiger partial charge in [0.05, 0.1) is 17.6 Å². The summed E-state index contributed by atoms with van der Waals surface area (Å²) in [5, 5.41) is 13.9. The molecule has 7 nitrogen and oxygen atoms in total. The van der Waals surface area contributed by atoms with Gasteiger partial charge in [-0.15, -0.1) is 0 Å². The van der Waals surface area contributed by atoms with Gasteiger partial charge in [0.25, 0.3) is 11.6 Å². The average molecular weight is 392 g/mol. The first kappa shape index (κ1) is 19.9. The maximum Gasteiger partial charge on any atom is 0.296 e. The minimum Gasteiger partial charge on any atom is -0.494 e. The molecule has 0 spiro atoms. The van der Waals surface area contributed by atoms with E-state index < -0.39 is 10.8 Å². The molecule has 148 valence electrons. The number of rotatable bonds is 8. The van der Waals surface area contributed by atoms with Crippen molar-refractivity contribution in [1.29, 1.82) is 0 Å². The van der Waals surface area contributed by atoms with Gasteiger partial charge in [-0.2, -0.15) is 0 Å². The van der Waals surface area contributed by atoms with E-state index in [9.17, 15) is 14.9 Å². The lowest BCUT2D eigenvalue weighted by molar-refractivity contribution is -0.384. The summed E-state index contributed by atoms with van der Waals surface area (Å²) in [4.78, 5) is 23.4. The minimum atomic E-state index is -0.558. The van der Waals surface area contributed by atoms with E-state index in [1.165, 1.54) is 12.1 Å². The maximum atomic E-state index is 12.6. The van der Waals surface area contributed by atoms with Crippen molar-refractivity contribution in [2.24, 2.45) is 0 Å². The molecule has 7 heteroatoms. The van der Waals surface area contributed by atoms with Gasteiger partial charge < -0.3 is 14.8 Å². The Kier molecular flexibility index (Phi) is 6.42. The summed E-state index contributed by atoms with van der Waals surface area (Å²) in [5.41, 5.74) is 1.20. The topological polar surface area (TPSA) is 90.7 Å². The van der Waals surface area contributed by atoms with Crippen molar-refractivity contribution >= 4 is 17.3 Å². The Morgan fingerprint density at radius 3 is 2.45 bits per heavy atom. The van der Waals surface area contributed by atoms with Crippen molar-refractivity contribution in [1.82, 2.24) is 0 Å². The van der Waals surface area contributed by atoms with Crippen LogP contribution in [0.15, 0.2) is 72.8 Å². The first-order chi connectivity index (χ1) is 14.1. The molecule has 1 N–H and O–H groups in total. The number of carbonyl (C=O) groups is 1. The summed E-state index contributed by atoms with van der Waals surface area (Å²) < 4.78 is 11.0. The second kappa shape index (κ2) is 9.36. The van der Waals surface area contributed by atoms with E-state index in [1.807, 2.05) is 30.3 Å². The molecule has 0 saturated heterocycles. The van der Waals surface area contributed by atoms with Crippen LogP contribution in [-0.4, -0.2) is 17.4 Å². The van der Waals surface area contributed by atoms with Crippen LogP contribution in [-0.2, 0) is 6.61 Å². The molecule has 0 aromatic heterocycles. The molecule has 0 saturated carbocycles. The zero-order valence-electron chi connectivity index (χ0n) is 15.8. The van der Waals surface area contributed by atoms with Gasteiger partial charge in [0, 0.05) is 5.56 Å². The first-order valence-corrected chi connectivity index (χ1v) is 9.06. The molecule has 0 aliphatic carbocycles. The largest absolute Gasteiger partial charge is 0.494 e. The van der Waals surface area contributed by atoms with Gasteiger partial charge in [0.15, 0.2) is 0 Å². The second-order valence-electron chi connectivity index (χ2n) is 6.13. The second-order valence-corrected chi connectivity index (χ2v) is 6.13. The fraction of sp³-hybridized carbons (Fsp3) is 0.136. The summed E-state index contributed by atoms with van der Waals surface area (Å²) in [6.07, 6.45) is 0. The van der Waals surface area contributed by atoms with Crippen molar-refractivity contribution in [3.05, 3.63) is 94.0 Å². The smallest absolute Gasteiger partial charge is 0.296 e.